The summed E-state index contributed by atoms with van der Waals surface area (Å²) in [6, 6.07) is 12.8. The lowest BCUT2D eigenvalue weighted by Crippen LogP contribution is -2.18. The van der Waals surface area contributed by atoms with Crippen molar-refractivity contribution in [3.8, 4) is 0 Å². The van der Waals surface area contributed by atoms with Gasteiger partial charge < -0.3 is 4.74 Å². The molecular weight excluding hydrogens is 378 g/mol. The molecule has 3 aromatic heterocycles. The number of aryl methyl sites for hydroxylation is 2. The third-order valence-electron chi connectivity index (χ3n) is 5.66. The molecule has 0 aliphatic heterocycles. The van der Waals surface area contributed by atoms with E-state index in [9.17, 15) is 9.59 Å². The Morgan fingerprint density at radius 3 is 2.83 bits per heavy atom. The van der Waals surface area contributed by atoms with E-state index in [1.165, 1.54) is 10.5 Å². The number of esters is 1. The first-order valence-electron chi connectivity index (χ1n) is 10.2. The number of para-hydroxylation sites is 1. The lowest BCUT2D eigenvalue weighted by molar-refractivity contribution is 0.0468. The highest BCUT2D eigenvalue weighted by Gasteiger charge is 2.23. The van der Waals surface area contributed by atoms with Crippen molar-refractivity contribution in [2.45, 2.75) is 39.2 Å². The van der Waals surface area contributed by atoms with Gasteiger partial charge in [-0.15, -0.1) is 0 Å². The predicted molar refractivity (Wildman–Crippen MR) is 114 cm³/mol. The summed E-state index contributed by atoms with van der Waals surface area (Å²) in [6.07, 6.45) is 5.50. The summed E-state index contributed by atoms with van der Waals surface area (Å²) in [6.45, 7) is 1.84. The number of ether oxygens (including phenoxy) is 1. The number of hydrogen-bond donors (Lipinski definition) is 0. The molecule has 0 N–H and O–H groups in total. The molecule has 0 fully saturated rings. The maximum Gasteiger partial charge on any atom is 0.339 e. The zero-order valence-electron chi connectivity index (χ0n) is 16.7. The molecule has 4 aromatic rings. The molecule has 0 saturated carbocycles. The van der Waals surface area contributed by atoms with Crippen LogP contribution < -0.4 is 5.56 Å². The van der Waals surface area contributed by atoms with Gasteiger partial charge in [0, 0.05) is 23.3 Å². The topological polar surface area (TPSA) is 73.6 Å². The molecule has 0 unspecified atom stereocenters. The van der Waals surface area contributed by atoms with Gasteiger partial charge in [0.25, 0.3) is 5.56 Å². The van der Waals surface area contributed by atoms with Crippen molar-refractivity contribution in [1.82, 2.24) is 14.4 Å². The summed E-state index contributed by atoms with van der Waals surface area (Å²) >= 11 is 0. The van der Waals surface area contributed by atoms with Gasteiger partial charge >= 0.3 is 5.97 Å². The van der Waals surface area contributed by atoms with Crippen LogP contribution in [0, 0.1) is 6.92 Å². The van der Waals surface area contributed by atoms with Gasteiger partial charge in [0.15, 0.2) is 0 Å². The van der Waals surface area contributed by atoms with Crippen LogP contribution in [0.15, 0.2) is 53.5 Å². The van der Waals surface area contributed by atoms with Crippen molar-refractivity contribution >= 4 is 22.5 Å². The van der Waals surface area contributed by atoms with Crippen molar-refractivity contribution in [3.63, 3.8) is 0 Å². The zero-order chi connectivity index (χ0) is 20.7. The summed E-state index contributed by atoms with van der Waals surface area (Å²) in [7, 11) is 0. The summed E-state index contributed by atoms with van der Waals surface area (Å²) < 4.78 is 7.15. The Balaban J connectivity index is 1.51. The number of hydrogen-bond acceptors (Lipinski definition) is 5. The third kappa shape index (κ3) is 3.14. The Bertz CT molecular complexity index is 1360. The van der Waals surface area contributed by atoms with Gasteiger partial charge in [-0.1, -0.05) is 24.3 Å². The first-order valence-corrected chi connectivity index (χ1v) is 10.2. The molecule has 6 heteroatoms. The fraction of sp³-hybridized carbons (Fsp3) is 0.250. The predicted octanol–water partition coefficient (Wildman–Crippen LogP) is 3.79. The van der Waals surface area contributed by atoms with Crippen molar-refractivity contribution < 1.29 is 9.53 Å². The molecule has 0 saturated heterocycles. The minimum Gasteiger partial charge on any atom is -0.456 e. The Kier molecular flexibility index (Phi) is 4.54. The fourth-order valence-corrected chi connectivity index (χ4v) is 4.20. The average molecular weight is 399 g/mol. The van der Waals surface area contributed by atoms with Crippen LogP contribution in [0.25, 0.3) is 16.6 Å². The lowest BCUT2D eigenvalue weighted by Gasteiger charge is -2.20. The van der Waals surface area contributed by atoms with E-state index in [-0.39, 0.29) is 12.2 Å². The summed E-state index contributed by atoms with van der Waals surface area (Å²) in [5.41, 5.74) is 5.10. The van der Waals surface area contributed by atoms with E-state index in [0.717, 1.165) is 53.4 Å². The van der Waals surface area contributed by atoms with Gasteiger partial charge in [-0.3, -0.25) is 14.2 Å². The largest absolute Gasteiger partial charge is 0.456 e. The number of benzene rings is 1. The van der Waals surface area contributed by atoms with Crippen LogP contribution in [0.3, 0.4) is 0 Å². The quantitative estimate of drug-likeness (QED) is 0.490. The standard InChI is InChI=1S/C24H21N3O3/c1-15-7-6-12-27-21(28)13-16(25-23(15)27)14-30-24(29)22-17-8-2-4-10-19(17)26-20-11-5-3-9-18(20)22/h2,4,6-8,10,12-13H,3,5,9,11,14H2,1H3. The van der Waals surface area contributed by atoms with Crippen LogP contribution in [-0.4, -0.2) is 20.3 Å². The number of carbonyl (C=O) groups excluding carboxylic acids is 1. The van der Waals surface area contributed by atoms with E-state index in [1.807, 2.05) is 43.3 Å². The van der Waals surface area contributed by atoms with E-state index in [1.54, 1.807) is 6.20 Å². The van der Waals surface area contributed by atoms with Gasteiger partial charge in [0.2, 0.25) is 0 Å². The fourth-order valence-electron chi connectivity index (χ4n) is 4.20. The Morgan fingerprint density at radius 2 is 1.93 bits per heavy atom. The van der Waals surface area contributed by atoms with E-state index >= 15 is 0 Å². The Morgan fingerprint density at radius 1 is 1.10 bits per heavy atom. The van der Waals surface area contributed by atoms with E-state index < -0.39 is 5.97 Å². The monoisotopic (exact) mass is 399 g/mol. The molecule has 30 heavy (non-hydrogen) atoms. The van der Waals surface area contributed by atoms with Gasteiger partial charge in [-0.25, -0.2) is 9.78 Å². The maximum atomic E-state index is 13.2. The number of rotatable bonds is 3. The van der Waals surface area contributed by atoms with Crippen LogP contribution in [0.4, 0.5) is 0 Å². The summed E-state index contributed by atoms with van der Waals surface area (Å²) in [5, 5.41) is 0.811. The van der Waals surface area contributed by atoms with Crippen LogP contribution in [0.2, 0.25) is 0 Å². The average Bonchev–Trinajstić information content (AvgIpc) is 2.76. The maximum absolute atomic E-state index is 13.2. The highest BCUT2D eigenvalue weighted by Crippen LogP contribution is 2.30. The van der Waals surface area contributed by atoms with Crippen LogP contribution >= 0.6 is 0 Å². The normalized spacial score (nSPS) is 13.4. The lowest BCUT2D eigenvalue weighted by atomic mass is 9.90. The molecule has 1 aliphatic rings. The van der Waals surface area contributed by atoms with Crippen LogP contribution in [-0.2, 0) is 24.2 Å². The second kappa shape index (κ2) is 7.37. The molecule has 3 heterocycles. The van der Waals surface area contributed by atoms with E-state index in [0.29, 0.717) is 16.9 Å². The smallest absolute Gasteiger partial charge is 0.339 e. The molecule has 0 spiro atoms. The molecule has 6 nitrogen and oxygen atoms in total. The van der Waals surface area contributed by atoms with Gasteiger partial charge in [0.1, 0.15) is 12.3 Å². The van der Waals surface area contributed by atoms with Crippen molar-refractivity contribution in [3.05, 3.63) is 87.1 Å². The number of nitrogens with zero attached hydrogens (tertiary/aromatic N) is 3. The molecule has 0 bridgehead atoms. The van der Waals surface area contributed by atoms with E-state index in [4.69, 9.17) is 9.72 Å². The molecule has 1 aliphatic carbocycles. The molecule has 0 radical (unpaired) electrons. The zero-order valence-corrected chi connectivity index (χ0v) is 16.7. The minimum atomic E-state index is -0.390. The molecule has 0 amide bonds. The molecule has 1 aromatic carbocycles. The van der Waals surface area contributed by atoms with Crippen LogP contribution in [0.5, 0.6) is 0 Å². The Labute approximate surface area is 173 Å². The summed E-state index contributed by atoms with van der Waals surface area (Å²) in [5.74, 6) is -0.390. The second-order valence-corrected chi connectivity index (χ2v) is 7.68. The first-order chi connectivity index (χ1) is 14.6. The summed E-state index contributed by atoms with van der Waals surface area (Å²) in [4.78, 5) is 34.9. The number of carbonyl (C=O) groups is 1. The third-order valence-corrected chi connectivity index (χ3v) is 5.66. The van der Waals surface area contributed by atoms with Crippen molar-refractivity contribution in [2.24, 2.45) is 0 Å². The molecule has 0 atom stereocenters. The minimum absolute atomic E-state index is 0.0513. The molecule has 5 rings (SSSR count). The Hall–Kier alpha value is -3.54. The van der Waals surface area contributed by atoms with Crippen molar-refractivity contribution in [1.29, 1.82) is 0 Å². The van der Waals surface area contributed by atoms with Gasteiger partial charge in [-0.2, -0.15) is 0 Å². The van der Waals surface area contributed by atoms with Crippen LogP contribution in [0.1, 0.15) is 45.7 Å². The van der Waals surface area contributed by atoms with E-state index in [2.05, 4.69) is 4.98 Å². The highest BCUT2D eigenvalue weighted by atomic mass is 16.5. The SMILES string of the molecule is Cc1cccn2c(=O)cc(COC(=O)c3c4c(nc5ccccc35)CCCC4)nc12. The first kappa shape index (κ1) is 18.5. The highest BCUT2D eigenvalue weighted by molar-refractivity contribution is 6.05. The second-order valence-electron chi connectivity index (χ2n) is 7.68. The van der Waals surface area contributed by atoms with Gasteiger partial charge in [0.05, 0.1) is 16.8 Å². The van der Waals surface area contributed by atoms with Crippen molar-refractivity contribution in [2.75, 3.05) is 0 Å². The number of fused-ring (bicyclic) bond motifs is 3. The molecule has 150 valence electrons. The number of pyridine rings is 2. The molecular formula is C24H21N3O3. The van der Waals surface area contributed by atoms with Gasteiger partial charge in [-0.05, 0) is 55.9 Å². The number of aromatic nitrogens is 3.